The first-order valence-corrected chi connectivity index (χ1v) is 15.4. The molecule has 0 spiro atoms. The van der Waals surface area contributed by atoms with E-state index >= 15 is 0 Å². The summed E-state index contributed by atoms with van der Waals surface area (Å²) in [6, 6.07) is 5.59. The van der Waals surface area contributed by atoms with Crippen molar-refractivity contribution < 1.29 is 25.6 Å². The van der Waals surface area contributed by atoms with Crippen LogP contribution < -0.4 is 9.44 Å². The van der Waals surface area contributed by atoms with Crippen LogP contribution in [0, 0.1) is 34.3 Å². The van der Waals surface area contributed by atoms with Crippen molar-refractivity contribution in [3.63, 3.8) is 0 Å². The number of nitrogen functional groups attached to an aromatic ring is 1. The van der Waals surface area contributed by atoms with Crippen LogP contribution in [0.2, 0.25) is 0 Å². The van der Waals surface area contributed by atoms with Crippen LogP contribution in [0.1, 0.15) is 11.1 Å². The van der Waals surface area contributed by atoms with Crippen LogP contribution in [0.5, 0.6) is 0 Å². The Bertz CT molecular complexity index is 1390. The highest BCUT2D eigenvalue weighted by molar-refractivity contribution is 9.13. The first-order valence-electron chi connectivity index (χ1n) is 8.51. The van der Waals surface area contributed by atoms with Gasteiger partial charge >= 0.3 is 0 Å². The molecule has 34 heavy (non-hydrogen) atoms. The molecular weight excluding hydrogens is 758 g/mol. The number of hydrogen-bond donors (Lipinski definition) is 1. The lowest BCUT2D eigenvalue weighted by atomic mass is 10.1. The van der Waals surface area contributed by atoms with Gasteiger partial charge in [0.15, 0.2) is 0 Å². The summed E-state index contributed by atoms with van der Waals surface area (Å²) in [5.41, 5.74) is 5.72. The Balaban J connectivity index is 0.000000380. The maximum Gasteiger partial charge on any atom is 0.245 e. The summed E-state index contributed by atoms with van der Waals surface area (Å²) in [5, 5.41) is 17.1. The topological polar surface area (TPSA) is 145 Å². The van der Waals surface area contributed by atoms with Crippen molar-refractivity contribution in [3.05, 3.63) is 52.8 Å². The van der Waals surface area contributed by atoms with Gasteiger partial charge < -0.3 is 5.73 Å². The number of hydrogen-bond acceptors (Lipinski definition) is 7. The second-order valence-corrected chi connectivity index (χ2v) is 13.5. The molecule has 16 heteroatoms. The Morgan fingerprint density at radius 1 is 0.824 bits per heavy atom. The fourth-order valence-electron chi connectivity index (χ4n) is 2.49. The SMILES string of the molecule is CS(=O)(=O)N(c1cc(F)c(CC#N)c(Br)c1Br)S(C)(=O)=O.N#CCc1c(F)cc(N)c(Br)c1Br. The molecule has 0 saturated heterocycles. The van der Waals surface area contributed by atoms with E-state index in [-0.39, 0.29) is 31.1 Å². The Morgan fingerprint density at radius 2 is 1.21 bits per heavy atom. The first-order chi connectivity index (χ1) is 15.5. The Labute approximate surface area is 229 Å². The molecule has 2 rings (SSSR count). The zero-order valence-electron chi connectivity index (χ0n) is 17.2. The summed E-state index contributed by atoms with van der Waals surface area (Å²) in [6.45, 7) is 0. The highest BCUT2D eigenvalue weighted by atomic mass is 79.9. The fourth-order valence-corrected chi connectivity index (χ4v) is 7.67. The zero-order valence-corrected chi connectivity index (χ0v) is 25.2. The average Bonchev–Trinajstić information content (AvgIpc) is 2.69. The maximum atomic E-state index is 14.0. The molecule has 0 aromatic heterocycles. The number of rotatable bonds is 5. The standard InChI is InChI=1S/C10H9Br2FN2O4S2.C8H5Br2FN2/c1-20(16,17)15(21(2,18)19)8-5-7(13)6(3-4-14)9(11)10(8)12;9-7-4(1-2-12)5(11)3-6(13)8(7)10/h5H,3H2,1-2H3;3H,1,13H2. The van der Waals surface area contributed by atoms with E-state index in [1.54, 1.807) is 6.07 Å². The lowest BCUT2D eigenvalue weighted by Crippen LogP contribution is -2.35. The lowest BCUT2D eigenvalue weighted by Gasteiger charge is -2.22. The van der Waals surface area contributed by atoms with E-state index < -0.39 is 37.4 Å². The number of halogens is 6. The van der Waals surface area contributed by atoms with Gasteiger partial charge in [-0.3, -0.25) is 0 Å². The van der Waals surface area contributed by atoms with Gasteiger partial charge in [0.2, 0.25) is 20.0 Å². The Hall–Kier alpha value is -1.30. The van der Waals surface area contributed by atoms with Gasteiger partial charge in [0.1, 0.15) is 11.6 Å². The van der Waals surface area contributed by atoms with Crippen molar-refractivity contribution >= 4 is 95.1 Å². The molecular formula is C18H14Br4F2N4O4S2. The molecule has 0 amide bonds. The Kier molecular flexibility index (Phi) is 10.9. The second-order valence-electron chi connectivity index (χ2n) is 6.43. The number of benzene rings is 2. The third kappa shape index (κ3) is 7.35. The molecule has 0 bridgehead atoms. The van der Waals surface area contributed by atoms with Crippen LogP contribution in [-0.2, 0) is 32.9 Å². The molecule has 0 aliphatic rings. The van der Waals surface area contributed by atoms with Crippen LogP contribution in [0.25, 0.3) is 0 Å². The van der Waals surface area contributed by atoms with E-state index in [0.717, 1.165) is 6.07 Å². The first kappa shape index (κ1) is 30.7. The van der Waals surface area contributed by atoms with Crippen LogP contribution in [-0.4, -0.2) is 29.3 Å². The third-order valence-corrected chi connectivity index (χ3v) is 11.5. The summed E-state index contributed by atoms with van der Waals surface area (Å²) in [5.74, 6) is -1.35. The van der Waals surface area contributed by atoms with E-state index in [0.29, 0.717) is 32.7 Å². The Morgan fingerprint density at radius 3 is 1.59 bits per heavy atom. The summed E-state index contributed by atoms with van der Waals surface area (Å²) < 4.78 is 75.3. The van der Waals surface area contributed by atoms with Gasteiger partial charge in [-0.1, -0.05) is 0 Å². The van der Waals surface area contributed by atoms with E-state index in [4.69, 9.17) is 16.3 Å². The molecule has 8 nitrogen and oxygen atoms in total. The quantitative estimate of drug-likeness (QED) is 0.328. The van der Waals surface area contributed by atoms with Crippen LogP contribution >= 0.6 is 63.7 Å². The third-order valence-electron chi connectivity index (χ3n) is 3.83. The maximum absolute atomic E-state index is 14.0. The van der Waals surface area contributed by atoms with E-state index in [1.165, 1.54) is 6.07 Å². The predicted molar refractivity (Wildman–Crippen MR) is 139 cm³/mol. The molecule has 0 saturated carbocycles. The average molecular weight is 772 g/mol. The van der Waals surface area contributed by atoms with Gasteiger partial charge in [0.05, 0.1) is 52.1 Å². The minimum absolute atomic E-state index is 0.00456. The molecule has 184 valence electrons. The normalized spacial score (nSPS) is 11.1. The zero-order chi connectivity index (χ0) is 26.6. The van der Waals surface area contributed by atoms with E-state index in [9.17, 15) is 25.6 Å². The van der Waals surface area contributed by atoms with Crippen molar-refractivity contribution in [1.29, 1.82) is 10.5 Å². The van der Waals surface area contributed by atoms with E-state index in [1.807, 2.05) is 6.07 Å². The molecule has 0 heterocycles. The fraction of sp³-hybridized carbons (Fsp3) is 0.222. The number of sulfonamides is 2. The largest absolute Gasteiger partial charge is 0.398 e. The second kappa shape index (κ2) is 12.1. The molecule has 2 aromatic carbocycles. The molecule has 0 fully saturated rings. The van der Waals surface area contributed by atoms with Crippen LogP contribution in [0.4, 0.5) is 20.2 Å². The van der Waals surface area contributed by atoms with Crippen molar-refractivity contribution in [2.75, 3.05) is 22.0 Å². The highest BCUT2D eigenvalue weighted by Crippen LogP contribution is 2.39. The van der Waals surface area contributed by atoms with Gasteiger partial charge in [-0.25, -0.2) is 25.6 Å². The molecule has 0 atom stereocenters. The van der Waals surface area contributed by atoms with Crippen LogP contribution in [0.3, 0.4) is 0 Å². The van der Waals surface area contributed by atoms with Gasteiger partial charge in [0, 0.05) is 31.8 Å². The molecule has 2 N–H and O–H groups in total. The molecule has 0 unspecified atom stereocenters. The summed E-state index contributed by atoms with van der Waals surface area (Å²) in [4.78, 5) is 0. The summed E-state index contributed by atoms with van der Waals surface area (Å²) >= 11 is 12.4. The lowest BCUT2D eigenvalue weighted by molar-refractivity contribution is 0.590. The number of anilines is 2. The molecule has 0 aliphatic carbocycles. The number of nitrogens with zero attached hydrogens (tertiary/aromatic N) is 3. The molecule has 0 aliphatic heterocycles. The van der Waals surface area contributed by atoms with Gasteiger partial charge in [-0.2, -0.15) is 14.2 Å². The van der Waals surface area contributed by atoms with Crippen molar-refractivity contribution in [1.82, 2.24) is 0 Å². The van der Waals surface area contributed by atoms with Gasteiger partial charge in [-0.05, 0) is 69.8 Å². The van der Waals surface area contributed by atoms with Gasteiger partial charge in [0.25, 0.3) is 0 Å². The molecule has 2 aromatic rings. The smallest absolute Gasteiger partial charge is 0.245 e. The minimum Gasteiger partial charge on any atom is -0.398 e. The number of nitrogens with two attached hydrogens (primary N) is 1. The van der Waals surface area contributed by atoms with E-state index in [2.05, 4.69) is 63.7 Å². The van der Waals surface area contributed by atoms with Crippen LogP contribution in [0.15, 0.2) is 30.0 Å². The van der Waals surface area contributed by atoms with Crippen molar-refractivity contribution in [2.24, 2.45) is 0 Å². The van der Waals surface area contributed by atoms with Crippen molar-refractivity contribution in [3.8, 4) is 12.1 Å². The molecule has 0 radical (unpaired) electrons. The number of nitriles is 2. The monoisotopic (exact) mass is 768 g/mol. The predicted octanol–water partition coefficient (Wildman–Crippen LogP) is 5.14. The van der Waals surface area contributed by atoms with Gasteiger partial charge in [-0.15, -0.1) is 0 Å². The highest BCUT2D eigenvalue weighted by Gasteiger charge is 2.31. The summed E-state index contributed by atoms with van der Waals surface area (Å²) in [6.07, 6.45) is 1.14. The summed E-state index contributed by atoms with van der Waals surface area (Å²) in [7, 11) is -8.39. The van der Waals surface area contributed by atoms with Crippen molar-refractivity contribution in [2.45, 2.75) is 12.8 Å². The minimum atomic E-state index is -4.19.